The van der Waals surface area contributed by atoms with Crippen LogP contribution in [0.2, 0.25) is 0 Å². The van der Waals surface area contributed by atoms with Gasteiger partial charge >= 0.3 is 0 Å². The molecule has 6 nitrogen and oxygen atoms in total. The van der Waals surface area contributed by atoms with Gasteiger partial charge in [0.15, 0.2) is 11.5 Å². The van der Waals surface area contributed by atoms with E-state index in [0.717, 1.165) is 11.3 Å². The minimum atomic E-state index is -0.470. The number of aromatic nitrogens is 2. The lowest BCUT2D eigenvalue weighted by molar-refractivity contribution is 0.102. The standard InChI is InChI=1S/C19H17FN4O2/c1-12-6-8-17(26-2)16(10-12)22-18-9-7-15(23-24-18)19(25)21-14-5-3-4-13(20)11-14/h3-11H,1-2H3,(H,21,25)(H,22,24). The molecule has 0 fully saturated rings. The molecule has 2 aromatic carbocycles. The van der Waals surface area contributed by atoms with Crippen molar-refractivity contribution >= 4 is 23.1 Å². The maximum absolute atomic E-state index is 13.2. The van der Waals surface area contributed by atoms with Crippen LogP contribution in [-0.4, -0.2) is 23.2 Å². The molecule has 3 aromatic rings. The van der Waals surface area contributed by atoms with Crippen molar-refractivity contribution in [3.05, 3.63) is 71.7 Å². The van der Waals surface area contributed by atoms with E-state index in [1.54, 1.807) is 19.2 Å². The Hall–Kier alpha value is -3.48. The van der Waals surface area contributed by atoms with E-state index in [4.69, 9.17) is 4.74 Å². The van der Waals surface area contributed by atoms with Crippen LogP contribution in [-0.2, 0) is 0 Å². The average molecular weight is 352 g/mol. The third-order valence-corrected chi connectivity index (χ3v) is 3.60. The molecule has 0 saturated carbocycles. The number of anilines is 3. The van der Waals surface area contributed by atoms with Crippen molar-refractivity contribution in [3.63, 3.8) is 0 Å². The first-order valence-electron chi connectivity index (χ1n) is 7.87. The number of nitrogens with zero attached hydrogens (tertiary/aromatic N) is 2. The minimum absolute atomic E-state index is 0.121. The molecule has 1 amide bonds. The molecule has 0 aliphatic carbocycles. The number of carbonyl (C=O) groups excluding carboxylic acids is 1. The largest absolute Gasteiger partial charge is 0.495 e. The van der Waals surface area contributed by atoms with Crippen molar-refractivity contribution < 1.29 is 13.9 Å². The topological polar surface area (TPSA) is 76.1 Å². The van der Waals surface area contributed by atoms with Crippen molar-refractivity contribution in [2.45, 2.75) is 6.92 Å². The van der Waals surface area contributed by atoms with Crippen LogP contribution in [0.25, 0.3) is 0 Å². The number of aryl methyl sites for hydroxylation is 1. The number of carbonyl (C=O) groups is 1. The molecule has 0 atom stereocenters. The number of hydrogen-bond acceptors (Lipinski definition) is 5. The van der Waals surface area contributed by atoms with Crippen molar-refractivity contribution in [1.82, 2.24) is 10.2 Å². The zero-order valence-corrected chi connectivity index (χ0v) is 14.3. The van der Waals surface area contributed by atoms with Gasteiger partial charge in [0.25, 0.3) is 5.91 Å². The Morgan fingerprint density at radius 3 is 2.62 bits per heavy atom. The van der Waals surface area contributed by atoms with E-state index in [0.29, 0.717) is 17.3 Å². The second-order valence-corrected chi connectivity index (χ2v) is 5.60. The van der Waals surface area contributed by atoms with Crippen LogP contribution in [0, 0.1) is 12.7 Å². The number of ether oxygens (including phenoxy) is 1. The molecule has 1 heterocycles. The maximum atomic E-state index is 13.2. The Balaban J connectivity index is 1.72. The van der Waals surface area contributed by atoms with Gasteiger partial charge in [-0.25, -0.2) is 4.39 Å². The fourth-order valence-electron chi connectivity index (χ4n) is 2.34. The summed E-state index contributed by atoms with van der Waals surface area (Å²) < 4.78 is 18.5. The Bertz CT molecular complexity index is 929. The summed E-state index contributed by atoms with van der Waals surface area (Å²) in [6.07, 6.45) is 0. The van der Waals surface area contributed by atoms with Crippen LogP contribution in [0.15, 0.2) is 54.6 Å². The predicted molar refractivity (Wildman–Crippen MR) is 97.4 cm³/mol. The van der Waals surface area contributed by atoms with E-state index < -0.39 is 11.7 Å². The monoisotopic (exact) mass is 352 g/mol. The number of methoxy groups -OCH3 is 1. The van der Waals surface area contributed by atoms with Gasteiger partial charge in [-0.3, -0.25) is 4.79 Å². The second-order valence-electron chi connectivity index (χ2n) is 5.60. The SMILES string of the molecule is COc1ccc(C)cc1Nc1ccc(C(=O)Nc2cccc(F)c2)nn1. The maximum Gasteiger partial charge on any atom is 0.276 e. The van der Waals surface area contributed by atoms with Gasteiger partial charge in [0.1, 0.15) is 11.6 Å². The summed E-state index contributed by atoms with van der Waals surface area (Å²) in [4.78, 5) is 12.2. The number of benzene rings is 2. The molecule has 1 aromatic heterocycles. The summed E-state index contributed by atoms with van der Waals surface area (Å²) in [5, 5.41) is 13.6. The highest BCUT2D eigenvalue weighted by Crippen LogP contribution is 2.27. The molecule has 3 rings (SSSR count). The predicted octanol–water partition coefficient (Wildman–Crippen LogP) is 3.93. The smallest absolute Gasteiger partial charge is 0.276 e. The van der Waals surface area contributed by atoms with Crippen LogP contribution >= 0.6 is 0 Å². The van der Waals surface area contributed by atoms with Gasteiger partial charge < -0.3 is 15.4 Å². The lowest BCUT2D eigenvalue weighted by atomic mass is 10.2. The third-order valence-electron chi connectivity index (χ3n) is 3.60. The molecular weight excluding hydrogens is 335 g/mol. The lowest BCUT2D eigenvalue weighted by Crippen LogP contribution is -2.14. The van der Waals surface area contributed by atoms with E-state index >= 15 is 0 Å². The molecule has 0 bridgehead atoms. The third kappa shape index (κ3) is 4.13. The van der Waals surface area contributed by atoms with Gasteiger partial charge in [-0.1, -0.05) is 12.1 Å². The van der Waals surface area contributed by atoms with Crippen molar-refractivity contribution in [3.8, 4) is 5.75 Å². The van der Waals surface area contributed by atoms with Gasteiger partial charge in [0.05, 0.1) is 12.8 Å². The van der Waals surface area contributed by atoms with Crippen LogP contribution in [0.1, 0.15) is 16.1 Å². The molecule has 132 valence electrons. The number of halogens is 1. The highest BCUT2D eigenvalue weighted by molar-refractivity contribution is 6.02. The molecule has 26 heavy (non-hydrogen) atoms. The number of amides is 1. The van der Waals surface area contributed by atoms with Gasteiger partial charge in [0.2, 0.25) is 0 Å². The summed E-state index contributed by atoms with van der Waals surface area (Å²) in [7, 11) is 1.58. The Morgan fingerprint density at radius 2 is 1.92 bits per heavy atom. The fourth-order valence-corrected chi connectivity index (χ4v) is 2.34. The van der Waals surface area contributed by atoms with E-state index in [9.17, 15) is 9.18 Å². The van der Waals surface area contributed by atoms with Gasteiger partial charge in [-0.2, -0.15) is 0 Å². The van der Waals surface area contributed by atoms with Crippen LogP contribution in [0.3, 0.4) is 0 Å². The lowest BCUT2D eigenvalue weighted by Gasteiger charge is -2.11. The van der Waals surface area contributed by atoms with Crippen LogP contribution < -0.4 is 15.4 Å². The molecule has 0 aliphatic heterocycles. The van der Waals surface area contributed by atoms with Gasteiger partial charge in [-0.15, -0.1) is 10.2 Å². The van der Waals surface area contributed by atoms with Crippen LogP contribution in [0.4, 0.5) is 21.6 Å². The van der Waals surface area contributed by atoms with E-state index in [1.165, 1.54) is 24.3 Å². The average Bonchev–Trinajstić information content (AvgIpc) is 2.62. The zero-order chi connectivity index (χ0) is 18.5. The second kappa shape index (κ2) is 7.60. The fraction of sp³-hybridized carbons (Fsp3) is 0.105. The number of nitrogens with one attached hydrogen (secondary N) is 2. The first kappa shape index (κ1) is 17.3. The van der Waals surface area contributed by atoms with E-state index in [1.807, 2.05) is 25.1 Å². The number of hydrogen-bond donors (Lipinski definition) is 2. The quantitative estimate of drug-likeness (QED) is 0.728. The molecule has 0 saturated heterocycles. The normalized spacial score (nSPS) is 10.3. The van der Waals surface area contributed by atoms with E-state index in [-0.39, 0.29) is 5.69 Å². The summed E-state index contributed by atoms with van der Waals surface area (Å²) >= 11 is 0. The minimum Gasteiger partial charge on any atom is -0.495 e. The van der Waals surface area contributed by atoms with Gasteiger partial charge in [0, 0.05) is 5.69 Å². The van der Waals surface area contributed by atoms with Crippen molar-refractivity contribution in [1.29, 1.82) is 0 Å². The van der Waals surface area contributed by atoms with Crippen LogP contribution in [0.5, 0.6) is 5.75 Å². The summed E-state index contributed by atoms with van der Waals surface area (Å²) in [6, 6.07) is 14.5. The first-order chi connectivity index (χ1) is 12.5. The molecule has 0 unspecified atom stereocenters. The Morgan fingerprint density at radius 1 is 1.08 bits per heavy atom. The molecule has 0 aliphatic rings. The molecule has 0 spiro atoms. The first-order valence-corrected chi connectivity index (χ1v) is 7.87. The van der Waals surface area contributed by atoms with Crippen molar-refractivity contribution in [2.24, 2.45) is 0 Å². The van der Waals surface area contributed by atoms with Gasteiger partial charge in [-0.05, 0) is 55.0 Å². The molecule has 2 N–H and O–H groups in total. The highest BCUT2D eigenvalue weighted by atomic mass is 19.1. The summed E-state index contributed by atoms with van der Waals surface area (Å²) in [6.45, 7) is 1.97. The summed E-state index contributed by atoms with van der Waals surface area (Å²) in [5.74, 6) is 0.241. The Kier molecular flexibility index (Phi) is 5.07. The molecular formula is C19H17FN4O2. The molecule has 7 heteroatoms. The highest BCUT2D eigenvalue weighted by Gasteiger charge is 2.10. The molecule has 0 radical (unpaired) electrons. The zero-order valence-electron chi connectivity index (χ0n) is 14.3. The van der Waals surface area contributed by atoms with Crippen molar-refractivity contribution in [2.75, 3.05) is 17.7 Å². The Labute approximate surface area is 150 Å². The van der Waals surface area contributed by atoms with E-state index in [2.05, 4.69) is 20.8 Å². The summed E-state index contributed by atoms with van der Waals surface area (Å²) in [5.41, 5.74) is 2.28. The number of rotatable bonds is 5.